The molecule has 0 radical (unpaired) electrons. The second-order valence-corrected chi connectivity index (χ2v) is 7.81. The molecular formula is C24H27N3O3. The molecule has 1 aromatic heterocycles. The van der Waals surface area contributed by atoms with Crippen LogP contribution in [0, 0.1) is 13.8 Å². The molecule has 0 saturated heterocycles. The first-order valence-electron chi connectivity index (χ1n) is 10.2. The molecule has 6 nitrogen and oxygen atoms in total. The van der Waals surface area contributed by atoms with Crippen LogP contribution in [0.5, 0.6) is 5.75 Å². The molecule has 2 heterocycles. The number of benzene rings is 2. The highest BCUT2D eigenvalue weighted by atomic mass is 16.5. The summed E-state index contributed by atoms with van der Waals surface area (Å²) in [4.78, 5) is 11.3. The van der Waals surface area contributed by atoms with E-state index < -0.39 is 6.29 Å². The Labute approximate surface area is 176 Å². The molecule has 0 atom stereocenters. The van der Waals surface area contributed by atoms with E-state index in [0.29, 0.717) is 19.0 Å². The van der Waals surface area contributed by atoms with Crippen molar-refractivity contribution in [2.45, 2.75) is 39.7 Å². The lowest BCUT2D eigenvalue weighted by Gasteiger charge is -2.28. The van der Waals surface area contributed by atoms with E-state index in [1.165, 1.54) is 16.7 Å². The van der Waals surface area contributed by atoms with Crippen LogP contribution in [0.15, 0.2) is 48.7 Å². The molecule has 0 amide bonds. The highest BCUT2D eigenvalue weighted by Gasteiger charge is 2.20. The minimum atomic E-state index is -1.32. The highest BCUT2D eigenvalue weighted by molar-refractivity contribution is 5.56. The molecule has 2 N–H and O–H groups in total. The van der Waals surface area contributed by atoms with Crippen molar-refractivity contribution in [1.29, 1.82) is 0 Å². The fourth-order valence-corrected chi connectivity index (χ4v) is 3.83. The quantitative estimate of drug-likeness (QED) is 0.614. The van der Waals surface area contributed by atoms with E-state index in [4.69, 9.17) is 9.72 Å². The van der Waals surface area contributed by atoms with Gasteiger partial charge in [-0.05, 0) is 54.8 Å². The SMILES string of the molecule is Cc1cccc(C)c1COc1ccc(-c2ncc3c(n2)CCN(CC(O)O)C3)cc1. The summed E-state index contributed by atoms with van der Waals surface area (Å²) in [6, 6.07) is 14.2. The molecular weight excluding hydrogens is 378 g/mol. The van der Waals surface area contributed by atoms with Crippen LogP contribution >= 0.6 is 0 Å². The summed E-state index contributed by atoms with van der Waals surface area (Å²) >= 11 is 0. The summed E-state index contributed by atoms with van der Waals surface area (Å²) in [6.07, 6.45) is 1.30. The Balaban J connectivity index is 1.43. The van der Waals surface area contributed by atoms with Gasteiger partial charge in [0.05, 0.1) is 5.69 Å². The molecule has 1 aliphatic rings. The van der Waals surface area contributed by atoms with Gasteiger partial charge in [0.2, 0.25) is 0 Å². The van der Waals surface area contributed by atoms with Crippen LogP contribution < -0.4 is 4.74 Å². The summed E-state index contributed by atoms with van der Waals surface area (Å²) in [5.41, 5.74) is 6.72. The number of aliphatic hydroxyl groups is 2. The number of hydrogen-bond acceptors (Lipinski definition) is 6. The highest BCUT2D eigenvalue weighted by Crippen LogP contribution is 2.24. The molecule has 30 heavy (non-hydrogen) atoms. The molecule has 0 spiro atoms. The predicted molar refractivity (Wildman–Crippen MR) is 115 cm³/mol. The van der Waals surface area contributed by atoms with Crippen LogP contribution in [0.1, 0.15) is 27.9 Å². The van der Waals surface area contributed by atoms with Crippen LogP contribution in [0.2, 0.25) is 0 Å². The number of aromatic nitrogens is 2. The Kier molecular flexibility index (Phi) is 6.08. The molecule has 2 aromatic carbocycles. The second kappa shape index (κ2) is 8.92. The number of aryl methyl sites for hydroxylation is 2. The van der Waals surface area contributed by atoms with Gasteiger partial charge in [0.1, 0.15) is 12.4 Å². The van der Waals surface area contributed by atoms with E-state index in [1.54, 1.807) is 0 Å². The Morgan fingerprint density at radius 2 is 1.80 bits per heavy atom. The third-order valence-electron chi connectivity index (χ3n) is 5.57. The minimum absolute atomic E-state index is 0.241. The lowest BCUT2D eigenvalue weighted by atomic mass is 10.0. The molecule has 0 unspecified atom stereocenters. The molecule has 4 rings (SSSR count). The van der Waals surface area contributed by atoms with E-state index >= 15 is 0 Å². The van der Waals surface area contributed by atoms with Crippen molar-refractivity contribution >= 4 is 0 Å². The zero-order valence-corrected chi connectivity index (χ0v) is 17.4. The summed E-state index contributed by atoms with van der Waals surface area (Å²) < 4.78 is 5.99. The van der Waals surface area contributed by atoms with Crippen LogP contribution in [-0.2, 0) is 19.6 Å². The maximum atomic E-state index is 9.17. The molecule has 3 aromatic rings. The van der Waals surface area contributed by atoms with Gasteiger partial charge in [-0.3, -0.25) is 4.90 Å². The first-order chi connectivity index (χ1) is 14.5. The number of fused-ring (bicyclic) bond motifs is 1. The Hall–Kier alpha value is -2.80. The zero-order valence-electron chi connectivity index (χ0n) is 17.4. The Morgan fingerprint density at radius 1 is 1.07 bits per heavy atom. The molecule has 6 heteroatoms. The second-order valence-electron chi connectivity index (χ2n) is 7.81. The summed E-state index contributed by atoms with van der Waals surface area (Å²) in [7, 11) is 0. The fraction of sp³-hybridized carbons (Fsp3) is 0.333. The standard InChI is InChI=1S/C24H27N3O3/c1-16-4-3-5-17(2)21(16)15-30-20-8-6-18(7-9-20)24-25-12-19-13-27(14-23(28)29)11-10-22(19)26-24/h3-9,12,23,28-29H,10-11,13-15H2,1-2H3. The van der Waals surface area contributed by atoms with E-state index in [-0.39, 0.29) is 6.54 Å². The normalized spacial score (nSPS) is 14.0. The molecule has 0 saturated carbocycles. The first-order valence-corrected chi connectivity index (χ1v) is 10.2. The Bertz CT molecular complexity index is 998. The average Bonchev–Trinajstić information content (AvgIpc) is 2.73. The van der Waals surface area contributed by atoms with Gasteiger partial charge in [0.25, 0.3) is 0 Å². The smallest absolute Gasteiger partial charge is 0.164 e. The van der Waals surface area contributed by atoms with Crippen molar-refractivity contribution in [2.75, 3.05) is 13.1 Å². The molecule has 0 bridgehead atoms. The van der Waals surface area contributed by atoms with Gasteiger partial charge in [0, 0.05) is 43.4 Å². The van der Waals surface area contributed by atoms with Crippen molar-refractivity contribution in [2.24, 2.45) is 0 Å². The lowest BCUT2D eigenvalue weighted by Crippen LogP contribution is -2.37. The van der Waals surface area contributed by atoms with Gasteiger partial charge >= 0.3 is 0 Å². The van der Waals surface area contributed by atoms with Crippen molar-refractivity contribution in [3.8, 4) is 17.1 Å². The van der Waals surface area contributed by atoms with Gasteiger partial charge in [-0.1, -0.05) is 18.2 Å². The molecule has 156 valence electrons. The third-order valence-corrected chi connectivity index (χ3v) is 5.57. The number of hydrogen-bond donors (Lipinski definition) is 2. The van der Waals surface area contributed by atoms with Crippen molar-refractivity contribution in [3.63, 3.8) is 0 Å². The molecule has 0 aliphatic carbocycles. The van der Waals surface area contributed by atoms with Crippen molar-refractivity contribution in [3.05, 3.63) is 76.6 Å². The summed E-state index contributed by atoms with van der Waals surface area (Å²) in [6.45, 7) is 6.39. The minimum Gasteiger partial charge on any atom is -0.489 e. The van der Waals surface area contributed by atoms with Gasteiger partial charge < -0.3 is 14.9 Å². The average molecular weight is 405 g/mol. The van der Waals surface area contributed by atoms with Gasteiger partial charge in [0.15, 0.2) is 12.1 Å². The summed E-state index contributed by atoms with van der Waals surface area (Å²) in [5, 5.41) is 18.3. The van der Waals surface area contributed by atoms with E-state index in [1.807, 2.05) is 35.4 Å². The first kappa shape index (κ1) is 20.5. The van der Waals surface area contributed by atoms with Gasteiger partial charge in [-0.15, -0.1) is 0 Å². The number of β-amino-alcohol motifs (C(OH)–C–C–N with tert-alkyl or cyclic N) is 2. The number of aliphatic hydroxyl groups excluding tert-OH is 1. The number of nitrogens with zero attached hydrogens (tertiary/aromatic N) is 3. The maximum Gasteiger partial charge on any atom is 0.164 e. The van der Waals surface area contributed by atoms with Crippen molar-refractivity contribution in [1.82, 2.24) is 14.9 Å². The Morgan fingerprint density at radius 3 is 2.50 bits per heavy atom. The van der Waals surface area contributed by atoms with E-state index in [0.717, 1.165) is 35.5 Å². The van der Waals surface area contributed by atoms with Crippen LogP contribution in [0.25, 0.3) is 11.4 Å². The third kappa shape index (κ3) is 4.67. The van der Waals surface area contributed by atoms with E-state index in [9.17, 15) is 10.2 Å². The van der Waals surface area contributed by atoms with Crippen LogP contribution in [-0.4, -0.2) is 44.5 Å². The topological polar surface area (TPSA) is 78.7 Å². The maximum absolute atomic E-state index is 9.17. The number of rotatable bonds is 6. The molecule has 0 fully saturated rings. The van der Waals surface area contributed by atoms with Crippen molar-refractivity contribution < 1.29 is 14.9 Å². The lowest BCUT2D eigenvalue weighted by molar-refractivity contribution is -0.0634. The predicted octanol–water partition coefficient (Wildman–Crippen LogP) is 3.01. The van der Waals surface area contributed by atoms with Gasteiger partial charge in [-0.25, -0.2) is 9.97 Å². The van der Waals surface area contributed by atoms with Crippen LogP contribution in [0.3, 0.4) is 0 Å². The number of ether oxygens (including phenoxy) is 1. The molecule has 1 aliphatic heterocycles. The largest absolute Gasteiger partial charge is 0.489 e. The van der Waals surface area contributed by atoms with Gasteiger partial charge in [-0.2, -0.15) is 0 Å². The van der Waals surface area contributed by atoms with Crippen LogP contribution in [0.4, 0.5) is 0 Å². The fourth-order valence-electron chi connectivity index (χ4n) is 3.83. The summed E-state index contributed by atoms with van der Waals surface area (Å²) in [5.74, 6) is 1.52. The monoisotopic (exact) mass is 405 g/mol. The van der Waals surface area contributed by atoms with E-state index in [2.05, 4.69) is 37.0 Å². The zero-order chi connectivity index (χ0) is 21.1.